The molecule has 1 atom stereocenters. The van der Waals surface area contributed by atoms with Crippen molar-refractivity contribution in [3.8, 4) is 0 Å². The molecular weight excluding hydrogens is 352 g/mol. The number of rotatable bonds is 6. The Balaban J connectivity index is 1.43. The van der Waals surface area contributed by atoms with Gasteiger partial charge in [-0.05, 0) is 48.9 Å². The highest BCUT2D eigenvalue weighted by Gasteiger charge is 2.23. The van der Waals surface area contributed by atoms with Gasteiger partial charge in [0.05, 0.1) is 5.56 Å². The summed E-state index contributed by atoms with van der Waals surface area (Å²) in [5.41, 5.74) is 2.06. The Kier molecular flexibility index (Phi) is 6.16. The fraction of sp³-hybridized carbons (Fsp3) is 0.333. The SMILES string of the molecule is O=C(CCCNC(=O)c1ccc(F)cc1F)O[C@@H]1CCCc2ccccc21. The van der Waals surface area contributed by atoms with E-state index in [0.717, 1.165) is 37.0 Å². The van der Waals surface area contributed by atoms with Gasteiger partial charge in [-0.2, -0.15) is 0 Å². The van der Waals surface area contributed by atoms with Crippen LogP contribution in [0.25, 0.3) is 0 Å². The van der Waals surface area contributed by atoms with Crippen LogP contribution >= 0.6 is 0 Å². The maximum Gasteiger partial charge on any atom is 0.306 e. The van der Waals surface area contributed by atoms with Crippen LogP contribution in [0.5, 0.6) is 0 Å². The third-order valence-corrected chi connectivity index (χ3v) is 4.61. The number of hydrogen-bond donors (Lipinski definition) is 1. The van der Waals surface area contributed by atoms with Crippen LogP contribution in [0.15, 0.2) is 42.5 Å². The van der Waals surface area contributed by atoms with Gasteiger partial charge in [-0.25, -0.2) is 8.78 Å². The molecule has 142 valence electrons. The van der Waals surface area contributed by atoms with Crippen LogP contribution in [-0.4, -0.2) is 18.4 Å². The summed E-state index contributed by atoms with van der Waals surface area (Å²) in [6, 6.07) is 10.7. The summed E-state index contributed by atoms with van der Waals surface area (Å²) in [6.45, 7) is 0.200. The van der Waals surface area contributed by atoms with Crippen molar-refractivity contribution in [2.45, 2.75) is 38.2 Å². The van der Waals surface area contributed by atoms with Crippen molar-refractivity contribution >= 4 is 11.9 Å². The number of halogens is 2. The minimum absolute atomic E-state index is 0.158. The van der Waals surface area contributed by atoms with Gasteiger partial charge in [-0.1, -0.05) is 24.3 Å². The lowest BCUT2D eigenvalue weighted by molar-refractivity contribution is -0.150. The lowest BCUT2D eigenvalue weighted by Gasteiger charge is -2.25. The van der Waals surface area contributed by atoms with E-state index in [-0.39, 0.29) is 30.6 Å². The molecule has 0 bridgehead atoms. The number of amides is 1. The van der Waals surface area contributed by atoms with Crippen molar-refractivity contribution in [1.82, 2.24) is 5.32 Å². The van der Waals surface area contributed by atoms with Gasteiger partial charge in [0.2, 0.25) is 0 Å². The van der Waals surface area contributed by atoms with E-state index in [0.29, 0.717) is 12.5 Å². The first kappa shape index (κ1) is 19.0. The highest BCUT2D eigenvalue weighted by atomic mass is 19.1. The topological polar surface area (TPSA) is 55.4 Å². The molecule has 2 aromatic carbocycles. The number of ether oxygens (including phenoxy) is 1. The highest BCUT2D eigenvalue weighted by Crippen LogP contribution is 2.32. The number of esters is 1. The molecule has 0 heterocycles. The van der Waals surface area contributed by atoms with Gasteiger partial charge in [0, 0.05) is 19.0 Å². The molecule has 1 amide bonds. The quantitative estimate of drug-likeness (QED) is 0.613. The number of aryl methyl sites for hydroxylation is 1. The average Bonchev–Trinajstić information content (AvgIpc) is 2.65. The van der Waals surface area contributed by atoms with Gasteiger partial charge in [0.25, 0.3) is 5.91 Å². The molecule has 1 aliphatic carbocycles. The number of carbonyl (C=O) groups excluding carboxylic acids is 2. The van der Waals surface area contributed by atoms with Crippen LogP contribution in [0.3, 0.4) is 0 Å². The zero-order chi connectivity index (χ0) is 19.2. The summed E-state index contributed by atoms with van der Waals surface area (Å²) in [5.74, 6) is -2.61. The van der Waals surface area contributed by atoms with E-state index in [9.17, 15) is 18.4 Å². The van der Waals surface area contributed by atoms with E-state index < -0.39 is 17.5 Å². The molecular formula is C21H21F2NO3. The third kappa shape index (κ3) is 4.90. The van der Waals surface area contributed by atoms with Crippen molar-refractivity contribution in [2.24, 2.45) is 0 Å². The lowest BCUT2D eigenvalue weighted by Crippen LogP contribution is -2.26. The molecule has 0 radical (unpaired) electrons. The standard InChI is InChI=1S/C21H21F2NO3/c22-15-10-11-17(18(23)13-15)21(26)24-12-4-9-20(25)27-19-8-3-6-14-5-1-2-7-16(14)19/h1-2,5,7,10-11,13,19H,3-4,6,8-9,12H2,(H,24,26)/t19-/m1/s1. The molecule has 4 nitrogen and oxygen atoms in total. The fourth-order valence-corrected chi connectivity index (χ4v) is 3.25. The molecule has 0 fully saturated rings. The van der Waals surface area contributed by atoms with Gasteiger partial charge >= 0.3 is 5.97 Å². The number of nitrogens with one attached hydrogen (secondary N) is 1. The monoisotopic (exact) mass is 373 g/mol. The predicted molar refractivity (Wildman–Crippen MR) is 96.1 cm³/mol. The fourth-order valence-electron chi connectivity index (χ4n) is 3.25. The molecule has 3 rings (SSSR count). The lowest BCUT2D eigenvalue weighted by atomic mass is 9.89. The molecule has 1 N–H and O–H groups in total. The van der Waals surface area contributed by atoms with Gasteiger partial charge in [-0.15, -0.1) is 0 Å². The number of hydrogen-bond acceptors (Lipinski definition) is 3. The highest BCUT2D eigenvalue weighted by molar-refractivity contribution is 5.94. The molecule has 0 unspecified atom stereocenters. The van der Waals surface area contributed by atoms with Crippen LogP contribution < -0.4 is 5.32 Å². The van der Waals surface area contributed by atoms with Crippen molar-refractivity contribution in [3.05, 3.63) is 70.8 Å². The Bertz CT molecular complexity index is 838. The average molecular weight is 373 g/mol. The summed E-state index contributed by atoms with van der Waals surface area (Å²) in [5, 5.41) is 2.52. The van der Waals surface area contributed by atoms with Crippen LogP contribution in [0, 0.1) is 11.6 Å². The molecule has 0 spiro atoms. The van der Waals surface area contributed by atoms with Crippen LogP contribution in [0.2, 0.25) is 0 Å². The van der Waals surface area contributed by atoms with Gasteiger partial charge in [-0.3, -0.25) is 9.59 Å². The zero-order valence-electron chi connectivity index (χ0n) is 14.8. The van der Waals surface area contributed by atoms with E-state index in [4.69, 9.17) is 4.74 Å². The minimum atomic E-state index is -0.914. The summed E-state index contributed by atoms with van der Waals surface area (Å²) in [6.07, 6.45) is 3.10. The third-order valence-electron chi connectivity index (χ3n) is 4.61. The van der Waals surface area contributed by atoms with Crippen molar-refractivity contribution in [2.75, 3.05) is 6.54 Å². The molecule has 0 aromatic heterocycles. The van der Waals surface area contributed by atoms with Crippen LogP contribution in [-0.2, 0) is 16.0 Å². The maximum atomic E-state index is 13.5. The molecule has 6 heteroatoms. The normalized spacial score (nSPS) is 15.7. The van der Waals surface area contributed by atoms with E-state index in [1.807, 2.05) is 18.2 Å². The van der Waals surface area contributed by atoms with E-state index in [2.05, 4.69) is 11.4 Å². The Hall–Kier alpha value is -2.76. The zero-order valence-corrected chi connectivity index (χ0v) is 14.8. The minimum Gasteiger partial charge on any atom is -0.457 e. The molecule has 0 saturated carbocycles. The van der Waals surface area contributed by atoms with Crippen LogP contribution in [0.4, 0.5) is 8.78 Å². The van der Waals surface area contributed by atoms with Crippen molar-refractivity contribution < 1.29 is 23.1 Å². The molecule has 1 aliphatic rings. The van der Waals surface area contributed by atoms with Gasteiger partial charge in [0.15, 0.2) is 0 Å². The Morgan fingerprint density at radius 2 is 1.96 bits per heavy atom. The molecule has 0 saturated heterocycles. The molecule has 27 heavy (non-hydrogen) atoms. The smallest absolute Gasteiger partial charge is 0.306 e. The Morgan fingerprint density at radius 1 is 1.15 bits per heavy atom. The van der Waals surface area contributed by atoms with E-state index in [1.165, 1.54) is 5.56 Å². The first-order valence-corrected chi connectivity index (χ1v) is 9.05. The van der Waals surface area contributed by atoms with Crippen molar-refractivity contribution in [3.63, 3.8) is 0 Å². The number of benzene rings is 2. The summed E-state index contributed by atoms with van der Waals surface area (Å²) < 4.78 is 32.0. The van der Waals surface area contributed by atoms with Gasteiger partial charge in [0.1, 0.15) is 17.7 Å². The Morgan fingerprint density at radius 3 is 2.78 bits per heavy atom. The first-order chi connectivity index (χ1) is 13.0. The number of fused-ring (bicyclic) bond motifs is 1. The van der Waals surface area contributed by atoms with E-state index in [1.54, 1.807) is 0 Å². The predicted octanol–water partition coefficient (Wildman–Crippen LogP) is 4.10. The second-order valence-corrected chi connectivity index (χ2v) is 6.55. The van der Waals surface area contributed by atoms with Crippen molar-refractivity contribution in [1.29, 1.82) is 0 Å². The van der Waals surface area contributed by atoms with E-state index >= 15 is 0 Å². The first-order valence-electron chi connectivity index (χ1n) is 9.05. The second-order valence-electron chi connectivity index (χ2n) is 6.55. The summed E-state index contributed by atoms with van der Waals surface area (Å²) >= 11 is 0. The largest absolute Gasteiger partial charge is 0.457 e. The molecule has 2 aromatic rings. The Labute approximate surface area is 156 Å². The molecule has 0 aliphatic heterocycles. The summed E-state index contributed by atoms with van der Waals surface area (Å²) in [7, 11) is 0. The summed E-state index contributed by atoms with van der Waals surface area (Å²) in [4.78, 5) is 24.0. The number of carbonyl (C=O) groups is 2. The van der Waals surface area contributed by atoms with Gasteiger partial charge < -0.3 is 10.1 Å². The second kappa shape index (κ2) is 8.75. The van der Waals surface area contributed by atoms with Crippen LogP contribution in [0.1, 0.15) is 53.3 Å². The maximum absolute atomic E-state index is 13.5.